The van der Waals surface area contributed by atoms with E-state index in [1.807, 2.05) is 48.5 Å². The smallest absolute Gasteiger partial charge is 0.304 e. The minimum absolute atomic E-state index is 0.0112. The van der Waals surface area contributed by atoms with Crippen LogP contribution >= 0.6 is 0 Å². The zero-order valence-corrected chi connectivity index (χ0v) is 12.0. The maximum absolute atomic E-state index is 11.0. The molecule has 0 heterocycles. The molecule has 0 aromatic heterocycles. The predicted octanol–water partition coefficient (Wildman–Crippen LogP) is 3.25. The highest BCUT2D eigenvalue weighted by atomic mass is 16.4. The first kappa shape index (κ1) is 15.3. The lowest BCUT2D eigenvalue weighted by molar-refractivity contribution is -0.137. The number of carboxylic acid groups (broad SMARTS) is 1. The average molecular weight is 283 g/mol. The van der Waals surface area contributed by atoms with Crippen LogP contribution in [0.5, 0.6) is 0 Å². The van der Waals surface area contributed by atoms with Gasteiger partial charge >= 0.3 is 5.97 Å². The number of rotatable bonds is 8. The van der Waals surface area contributed by atoms with Gasteiger partial charge in [0, 0.05) is 12.6 Å². The second-order valence-corrected chi connectivity index (χ2v) is 5.19. The molecule has 3 nitrogen and oxygen atoms in total. The van der Waals surface area contributed by atoms with Crippen LogP contribution in [0.2, 0.25) is 0 Å². The lowest BCUT2D eigenvalue weighted by atomic mass is 10.0. The third-order valence-electron chi connectivity index (χ3n) is 3.48. The Morgan fingerprint density at radius 1 is 0.952 bits per heavy atom. The first-order chi connectivity index (χ1) is 10.2. The Kier molecular flexibility index (Phi) is 5.98. The van der Waals surface area contributed by atoms with Gasteiger partial charge in [0.15, 0.2) is 0 Å². The molecule has 0 unspecified atom stereocenters. The molecule has 0 fully saturated rings. The SMILES string of the molecule is O=C(O)C[C@@H](CCc1ccccc1)NCc1ccccc1. The highest BCUT2D eigenvalue weighted by molar-refractivity contribution is 5.67. The van der Waals surface area contributed by atoms with Gasteiger partial charge in [0.25, 0.3) is 0 Å². The molecule has 0 spiro atoms. The van der Waals surface area contributed by atoms with Crippen LogP contribution in [0.4, 0.5) is 0 Å². The van der Waals surface area contributed by atoms with Crippen molar-refractivity contribution < 1.29 is 9.90 Å². The van der Waals surface area contributed by atoms with E-state index in [-0.39, 0.29) is 12.5 Å². The van der Waals surface area contributed by atoms with Gasteiger partial charge < -0.3 is 10.4 Å². The van der Waals surface area contributed by atoms with Gasteiger partial charge in [0.2, 0.25) is 0 Å². The molecule has 2 rings (SSSR count). The summed E-state index contributed by atoms with van der Waals surface area (Å²) >= 11 is 0. The fraction of sp³-hybridized carbons (Fsp3) is 0.278. The van der Waals surface area contributed by atoms with Crippen LogP contribution in [0, 0.1) is 0 Å². The summed E-state index contributed by atoms with van der Waals surface area (Å²) in [5.74, 6) is -0.756. The maximum atomic E-state index is 11.0. The van der Waals surface area contributed by atoms with Gasteiger partial charge in [-0.05, 0) is 24.0 Å². The summed E-state index contributed by atoms with van der Waals surface area (Å²) in [7, 11) is 0. The van der Waals surface area contributed by atoms with E-state index in [2.05, 4.69) is 17.4 Å². The standard InChI is InChI=1S/C18H21NO2/c20-18(21)13-17(12-11-15-7-3-1-4-8-15)19-14-16-9-5-2-6-10-16/h1-10,17,19H,11-14H2,(H,20,21)/t17-/m1/s1. The molecular formula is C18H21NO2. The molecule has 3 heteroatoms. The van der Waals surface area contributed by atoms with Crippen LogP contribution < -0.4 is 5.32 Å². The van der Waals surface area contributed by atoms with Crippen LogP contribution in [0.25, 0.3) is 0 Å². The van der Waals surface area contributed by atoms with Crippen molar-refractivity contribution in [2.45, 2.75) is 31.8 Å². The van der Waals surface area contributed by atoms with Crippen LogP contribution in [-0.4, -0.2) is 17.1 Å². The van der Waals surface area contributed by atoms with Crippen LogP contribution in [0.15, 0.2) is 60.7 Å². The molecule has 0 radical (unpaired) electrons. The van der Waals surface area contributed by atoms with E-state index in [0.29, 0.717) is 6.54 Å². The van der Waals surface area contributed by atoms with Gasteiger partial charge in [0.05, 0.1) is 6.42 Å². The van der Waals surface area contributed by atoms with Gasteiger partial charge in [-0.25, -0.2) is 0 Å². The lowest BCUT2D eigenvalue weighted by Crippen LogP contribution is -2.31. The predicted molar refractivity (Wildman–Crippen MR) is 84.1 cm³/mol. The Hall–Kier alpha value is -2.13. The van der Waals surface area contributed by atoms with Gasteiger partial charge in [0.1, 0.15) is 0 Å². The molecule has 0 saturated carbocycles. The minimum Gasteiger partial charge on any atom is -0.481 e. The molecule has 0 aliphatic rings. The van der Waals surface area contributed by atoms with E-state index >= 15 is 0 Å². The number of aryl methyl sites for hydroxylation is 1. The van der Waals surface area contributed by atoms with E-state index in [0.717, 1.165) is 12.8 Å². The van der Waals surface area contributed by atoms with Crippen LogP contribution in [0.1, 0.15) is 24.0 Å². The number of nitrogens with one attached hydrogen (secondary N) is 1. The van der Waals surface area contributed by atoms with Crippen molar-refractivity contribution in [3.05, 3.63) is 71.8 Å². The van der Waals surface area contributed by atoms with E-state index in [1.165, 1.54) is 11.1 Å². The Balaban J connectivity index is 1.87. The molecular weight excluding hydrogens is 262 g/mol. The Bertz CT molecular complexity index is 496. The summed E-state index contributed by atoms with van der Waals surface area (Å²) in [6, 6.07) is 20.2. The summed E-state index contributed by atoms with van der Waals surface area (Å²) in [6.07, 6.45) is 1.86. The molecule has 0 aliphatic heterocycles. The number of carbonyl (C=O) groups is 1. The number of aliphatic carboxylic acids is 1. The average Bonchev–Trinajstić information content (AvgIpc) is 2.51. The highest BCUT2D eigenvalue weighted by Gasteiger charge is 2.12. The van der Waals surface area contributed by atoms with Crippen molar-refractivity contribution in [2.75, 3.05) is 0 Å². The van der Waals surface area contributed by atoms with Gasteiger partial charge in [-0.2, -0.15) is 0 Å². The lowest BCUT2D eigenvalue weighted by Gasteiger charge is -2.17. The molecule has 0 amide bonds. The van der Waals surface area contributed by atoms with E-state index in [9.17, 15) is 4.79 Å². The Morgan fingerprint density at radius 3 is 2.10 bits per heavy atom. The molecule has 1 atom stereocenters. The Labute approximate surface area is 125 Å². The molecule has 2 N–H and O–H groups in total. The molecule has 2 aromatic carbocycles. The fourth-order valence-corrected chi connectivity index (χ4v) is 2.33. The first-order valence-electron chi connectivity index (χ1n) is 7.27. The van der Waals surface area contributed by atoms with Crippen LogP contribution in [-0.2, 0) is 17.8 Å². The zero-order chi connectivity index (χ0) is 14.9. The summed E-state index contributed by atoms with van der Waals surface area (Å²) in [6.45, 7) is 0.702. The largest absolute Gasteiger partial charge is 0.481 e. The number of carboxylic acids is 1. The fourth-order valence-electron chi connectivity index (χ4n) is 2.33. The second-order valence-electron chi connectivity index (χ2n) is 5.19. The summed E-state index contributed by atoms with van der Waals surface area (Å²) in [5, 5.41) is 12.4. The molecule has 2 aromatic rings. The maximum Gasteiger partial charge on any atom is 0.304 e. The minimum atomic E-state index is -0.756. The molecule has 0 aliphatic carbocycles. The zero-order valence-electron chi connectivity index (χ0n) is 12.0. The third-order valence-corrected chi connectivity index (χ3v) is 3.48. The molecule has 0 bridgehead atoms. The van der Waals surface area contributed by atoms with E-state index in [4.69, 9.17) is 5.11 Å². The van der Waals surface area contributed by atoms with Crippen molar-refractivity contribution in [2.24, 2.45) is 0 Å². The topological polar surface area (TPSA) is 49.3 Å². The van der Waals surface area contributed by atoms with Crippen molar-refractivity contribution in [1.29, 1.82) is 0 Å². The summed E-state index contributed by atoms with van der Waals surface area (Å²) in [4.78, 5) is 11.0. The number of benzene rings is 2. The summed E-state index contributed by atoms with van der Waals surface area (Å²) in [5.41, 5.74) is 2.42. The third kappa shape index (κ3) is 5.79. The van der Waals surface area contributed by atoms with Gasteiger partial charge in [-0.3, -0.25) is 4.79 Å². The summed E-state index contributed by atoms with van der Waals surface area (Å²) < 4.78 is 0. The first-order valence-corrected chi connectivity index (χ1v) is 7.27. The molecule has 21 heavy (non-hydrogen) atoms. The molecule has 0 saturated heterocycles. The van der Waals surface area contributed by atoms with Gasteiger partial charge in [-0.1, -0.05) is 60.7 Å². The Morgan fingerprint density at radius 2 is 1.52 bits per heavy atom. The van der Waals surface area contributed by atoms with E-state index in [1.54, 1.807) is 0 Å². The monoisotopic (exact) mass is 283 g/mol. The molecule has 110 valence electrons. The number of hydrogen-bond acceptors (Lipinski definition) is 2. The van der Waals surface area contributed by atoms with Crippen molar-refractivity contribution in [1.82, 2.24) is 5.32 Å². The van der Waals surface area contributed by atoms with Gasteiger partial charge in [-0.15, -0.1) is 0 Å². The number of hydrogen-bond donors (Lipinski definition) is 2. The van der Waals surface area contributed by atoms with E-state index < -0.39 is 5.97 Å². The van der Waals surface area contributed by atoms with Crippen LogP contribution in [0.3, 0.4) is 0 Å². The second kappa shape index (κ2) is 8.22. The highest BCUT2D eigenvalue weighted by Crippen LogP contribution is 2.09. The van der Waals surface area contributed by atoms with Crippen molar-refractivity contribution in [3.63, 3.8) is 0 Å². The quantitative estimate of drug-likeness (QED) is 0.782. The van der Waals surface area contributed by atoms with Crippen molar-refractivity contribution >= 4 is 5.97 Å². The van der Waals surface area contributed by atoms with Crippen molar-refractivity contribution in [3.8, 4) is 0 Å². The normalized spacial score (nSPS) is 12.0.